The zero-order valence-electron chi connectivity index (χ0n) is 13.8. The maximum absolute atomic E-state index is 12.3. The summed E-state index contributed by atoms with van der Waals surface area (Å²) in [5, 5.41) is 5.68. The highest BCUT2D eigenvalue weighted by Crippen LogP contribution is 2.18. The summed E-state index contributed by atoms with van der Waals surface area (Å²) in [6, 6.07) is 10.7. The SMILES string of the molecule is Cc1ccc(C(=O)Nc2ccc(NC(=O)C3CCCO3)cc2)n1C. The van der Waals surface area contributed by atoms with E-state index in [9.17, 15) is 9.59 Å². The summed E-state index contributed by atoms with van der Waals surface area (Å²) in [6.07, 6.45) is 1.32. The number of hydrogen-bond donors (Lipinski definition) is 2. The van der Waals surface area contributed by atoms with Crippen LogP contribution in [0.5, 0.6) is 0 Å². The van der Waals surface area contributed by atoms with Gasteiger partial charge in [-0.3, -0.25) is 9.59 Å². The van der Waals surface area contributed by atoms with Crippen LogP contribution in [0.1, 0.15) is 29.0 Å². The number of rotatable bonds is 4. The molecular weight excluding hydrogens is 306 g/mol. The molecule has 2 aromatic rings. The smallest absolute Gasteiger partial charge is 0.272 e. The maximum Gasteiger partial charge on any atom is 0.272 e. The second kappa shape index (κ2) is 6.88. The summed E-state index contributed by atoms with van der Waals surface area (Å²) in [6.45, 7) is 2.59. The molecule has 3 rings (SSSR count). The Labute approximate surface area is 140 Å². The standard InChI is InChI=1S/C18H21N3O3/c1-12-5-10-15(21(12)2)17(22)19-13-6-8-14(9-7-13)20-18(23)16-4-3-11-24-16/h5-10,16H,3-4,11H2,1-2H3,(H,19,22)(H,20,23). The van der Waals surface area contributed by atoms with Crippen molar-refractivity contribution in [3.63, 3.8) is 0 Å². The van der Waals surface area contributed by atoms with Gasteiger partial charge in [-0.05, 0) is 56.2 Å². The normalized spacial score (nSPS) is 16.8. The molecule has 2 heterocycles. The second-order valence-electron chi connectivity index (χ2n) is 5.94. The van der Waals surface area contributed by atoms with Crippen molar-refractivity contribution in [2.24, 2.45) is 7.05 Å². The Hall–Kier alpha value is -2.60. The second-order valence-corrected chi connectivity index (χ2v) is 5.94. The Morgan fingerprint density at radius 2 is 1.75 bits per heavy atom. The summed E-state index contributed by atoms with van der Waals surface area (Å²) in [5.74, 6) is -0.287. The molecule has 1 fully saturated rings. The number of ether oxygens (including phenoxy) is 1. The van der Waals surface area contributed by atoms with Crippen LogP contribution in [0.4, 0.5) is 11.4 Å². The number of aryl methyl sites for hydroxylation is 1. The van der Waals surface area contributed by atoms with Crippen molar-refractivity contribution >= 4 is 23.2 Å². The lowest BCUT2D eigenvalue weighted by Gasteiger charge is -2.11. The molecule has 1 unspecified atom stereocenters. The molecule has 0 spiro atoms. The molecule has 6 heteroatoms. The minimum Gasteiger partial charge on any atom is -0.368 e. The molecule has 1 aliphatic rings. The van der Waals surface area contributed by atoms with Gasteiger partial charge in [0, 0.05) is 30.7 Å². The maximum atomic E-state index is 12.3. The number of hydrogen-bond acceptors (Lipinski definition) is 3. The summed E-state index contributed by atoms with van der Waals surface area (Å²) in [4.78, 5) is 24.3. The molecule has 0 bridgehead atoms. The molecule has 1 aromatic carbocycles. The van der Waals surface area contributed by atoms with Gasteiger partial charge in [0.15, 0.2) is 0 Å². The Balaban J connectivity index is 1.61. The third-order valence-corrected chi connectivity index (χ3v) is 4.24. The summed E-state index contributed by atoms with van der Waals surface area (Å²) < 4.78 is 7.19. The van der Waals surface area contributed by atoms with Gasteiger partial charge in [0.2, 0.25) is 0 Å². The molecule has 2 N–H and O–H groups in total. The van der Waals surface area contributed by atoms with Crippen LogP contribution < -0.4 is 10.6 Å². The van der Waals surface area contributed by atoms with E-state index < -0.39 is 0 Å². The molecule has 1 aliphatic heterocycles. The predicted octanol–water partition coefficient (Wildman–Crippen LogP) is 2.70. The average Bonchev–Trinajstić information content (AvgIpc) is 3.21. The predicted molar refractivity (Wildman–Crippen MR) is 92.1 cm³/mol. The fraction of sp³-hybridized carbons (Fsp3) is 0.333. The number of benzene rings is 1. The van der Waals surface area contributed by atoms with Crippen LogP contribution in [0, 0.1) is 6.92 Å². The van der Waals surface area contributed by atoms with Crippen LogP contribution in [-0.4, -0.2) is 29.1 Å². The zero-order valence-corrected chi connectivity index (χ0v) is 13.8. The third kappa shape index (κ3) is 3.49. The van der Waals surface area contributed by atoms with Crippen molar-refractivity contribution in [3.8, 4) is 0 Å². The fourth-order valence-corrected chi connectivity index (χ4v) is 2.68. The number of amides is 2. The minimum atomic E-state index is -0.357. The molecule has 0 radical (unpaired) electrons. The van der Waals surface area contributed by atoms with Gasteiger partial charge < -0.3 is 19.9 Å². The molecule has 24 heavy (non-hydrogen) atoms. The van der Waals surface area contributed by atoms with Gasteiger partial charge >= 0.3 is 0 Å². The summed E-state index contributed by atoms with van der Waals surface area (Å²) in [5.41, 5.74) is 2.98. The largest absolute Gasteiger partial charge is 0.368 e. The third-order valence-electron chi connectivity index (χ3n) is 4.24. The number of carbonyl (C=O) groups is 2. The molecule has 6 nitrogen and oxygen atoms in total. The van der Waals surface area contributed by atoms with Crippen LogP contribution in [0.25, 0.3) is 0 Å². The minimum absolute atomic E-state index is 0.122. The van der Waals surface area contributed by atoms with Crippen molar-refractivity contribution in [1.29, 1.82) is 0 Å². The number of nitrogens with zero attached hydrogens (tertiary/aromatic N) is 1. The van der Waals surface area contributed by atoms with E-state index in [0.717, 1.165) is 18.5 Å². The summed E-state index contributed by atoms with van der Waals surface area (Å²) in [7, 11) is 1.86. The van der Waals surface area contributed by atoms with Gasteiger partial charge in [-0.25, -0.2) is 0 Å². The Kier molecular flexibility index (Phi) is 4.66. The highest BCUT2D eigenvalue weighted by Gasteiger charge is 2.23. The van der Waals surface area contributed by atoms with E-state index in [1.807, 2.05) is 24.6 Å². The van der Waals surface area contributed by atoms with Crippen molar-refractivity contribution < 1.29 is 14.3 Å². The first kappa shape index (κ1) is 16.3. The van der Waals surface area contributed by atoms with Crippen LogP contribution in [-0.2, 0) is 16.6 Å². The highest BCUT2D eigenvalue weighted by molar-refractivity contribution is 6.03. The molecule has 1 aromatic heterocycles. The van der Waals surface area contributed by atoms with Gasteiger partial charge in [0.25, 0.3) is 11.8 Å². The van der Waals surface area contributed by atoms with Crippen LogP contribution in [0.3, 0.4) is 0 Å². The van der Waals surface area contributed by atoms with Crippen LogP contribution in [0.15, 0.2) is 36.4 Å². The zero-order chi connectivity index (χ0) is 17.1. The van der Waals surface area contributed by atoms with E-state index in [1.54, 1.807) is 30.3 Å². The van der Waals surface area contributed by atoms with Crippen LogP contribution in [0.2, 0.25) is 0 Å². The molecule has 126 valence electrons. The van der Waals surface area contributed by atoms with E-state index in [-0.39, 0.29) is 17.9 Å². The van der Waals surface area contributed by atoms with Crippen molar-refractivity contribution in [3.05, 3.63) is 47.8 Å². The number of aromatic nitrogens is 1. The molecule has 1 saturated heterocycles. The lowest BCUT2D eigenvalue weighted by atomic mass is 10.2. The first-order valence-corrected chi connectivity index (χ1v) is 8.01. The molecule has 1 atom stereocenters. The fourth-order valence-electron chi connectivity index (χ4n) is 2.68. The van der Waals surface area contributed by atoms with E-state index in [4.69, 9.17) is 4.74 Å². The van der Waals surface area contributed by atoms with Gasteiger partial charge in [-0.15, -0.1) is 0 Å². The van der Waals surface area contributed by atoms with Crippen molar-refractivity contribution in [2.45, 2.75) is 25.9 Å². The van der Waals surface area contributed by atoms with Gasteiger partial charge in [0.1, 0.15) is 11.8 Å². The molecule has 0 saturated carbocycles. The highest BCUT2D eigenvalue weighted by atomic mass is 16.5. The van der Waals surface area contributed by atoms with E-state index in [0.29, 0.717) is 23.7 Å². The van der Waals surface area contributed by atoms with E-state index >= 15 is 0 Å². The van der Waals surface area contributed by atoms with Crippen LogP contribution >= 0.6 is 0 Å². The Morgan fingerprint density at radius 3 is 2.29 bits per heavy atom. The van der Waals surface area contributed by atoms with Gasteiger partial charge in [-0.1, -0.05) is 0 Å². The number of nitrogens with one attached hydrogen (secondary N) is 2. The van der Waals surface area contributed by atoms with E-state index in [1.165, 1.54) is 0 Å². The van der Waals surface area contributed by atoms with Crippen molar-refractivity contribution in [1.82, 2.24) is 4.57 Å². The quantitative estimate of drug-likeness (QED) is 0.907. The summed E-state index contributed by atoms with van der Waals surface area (Å²) >= 11 is 0. The molecular formula is C18H21N3O3. The number of anilines is 2. The van der Waals surface area contributed by atoms with E-state index in [2.05, 4.69) is 10.6 Å². The van der Waals surface area contributed by atoms with Crippen molar-refractivity contribution in [2.75, 3.05) is 17.2 Å². The molecule has 2 amide bonds. The topological polar surface area (TPSA) is 72.4 Å². The lowest BCUT2D eigenvalue weighted by Crippen LogP contribution is -2.26. The number of carbonyl (C=O) groups excluding carboxylic acids is 2. The Bertz CT molecular complexity index is 743. The Morgan fingerprint density at radius 1 is 1.08 bits per heavy atom. The monoisotopic (exact) mass is 327 g/mol. The first-order valence-electron chi connectivity index (χ1n) is 8.01. The lowest BCUT2D eigenvalue weighted by molar-refractivity contribution is -0.124. The van der Waals surface area contributed by atoms with Gasteiger partial charge in [0.05, 0.1) is 0 Å². The first-order chi connectivity index (χ1) is 11.5. The molecule has 0 aliphatic carbocycles. The van der Waals surface area contributed by atoms with Gasteiger partial charge in [-0.2, -0.15) is 0 Å². The average molecular weight is 327 g/mol.